The third-order valence-corrected chi connectivity index (χ3v) is 4.69. The summed E-state index contributed by atoms with van der Waals surface area (Å²) < 4.78 is 5.35. The number of pyridine rings is 1. The highest BCUT2D eigenvalue weighted by molar-refractivity contribution is 5.89. The first-order valence-electron chi connectivity index (χ1n) is 8.64. The molecule has 2 aliphatic heterocycles. The summed E-state index contributed by atoms with van der Waals surface area (Å²) in [5, 5.41) is 2.99. The minimum Gasteiger partial charge on any atom is -0.378 e. The molecule has 0 saturated carbocycles. The summed E-state index contributed by atoms with van der Waals surface area (Å²) in [6.45, 7) is 6.22. The highest BCUT2D eigenvalue weighted by Crippen LogP contribution is 2.21. The highest BCUT2D eigenvalue weighted by atomic mass is 16.5. The number of ether oxygens (including phenoxy) is 1. The van der Waals surface area contributed by atoms with E-state index < -0.39 is 0 Å². The molecule has 1 atom stereocenters. The van der Waals surface area contributed by atoms with Gasteiger partial charge >= 0.3 is 6.03 Å². The van der Waals surface area contributed by atoms with Gasteiger partial charge in [0.2, 0.25) is 0 Å². The Morgan fingerprint density at radius 3 is 2.83 bits per heavy atom. The van der Waals surface area contributed by atoms with Crippen LogP contribution in [0.15, 0.2) is 18.3 Å². The minimum atomic E-state index is -0.00234. The Morgan fingerprint density at radius 1 is 1.30 bits per heavy atom. The number of piperidine rings is 1. The Kier molecular flexibility index (Phi) is 5.33. The molecule has 0 spiro atoms. The largest absolute Gasteiger partial charge is 0.378 e. The Balaban J connectivity index is 1.60. The lowest BCUT2D eigenvalue weighted by molar-refractivity contribution is 0.122. The fourth-order valence-electron chi connectivity index (χ4n) is 3.33. The van der Waals surface area contributed by atoms with Crippen molar-refractivity contribution in [2.75, 3.05) is 43.1 Å². The van der Waals surface area contributed by atoms with Gasteiger partial charge < -0.3 is 19.9 Å². The SMILES string of the molecule is CC[C@H]1CCCCN1C(=O)Nc1ccc(N2CCOCC2)nc1. The lowest BCUT2D eigenvalue weighted by atomic mass is 10.0. The number of carbonyl (C=O) groups is 1. The molecule has 3 rings (SSSR count). The number of nitrogens with zero attached hydrogens (tertiary/aromatic N) is 3. The molecule has 2 saturated heterocycles. The lowest BCUT2D eigenvalue weighted by Crippen LogP contribution is -2.45. The molecular formula is C17H26N4O2. The third kappa shape index (κ3) is 3.93. The van der Waals surface area contributed by atoms with E-state index in [0.29, 0.717) is 6.04 Å². The van der Waals surface area contributed by atoms with Gasteiger partial charge in [-0.25, -0.2) is 9.78 Å². The Morgan fingerprint density at radius 2 is 2.13 bits per heavy atom. The molecular weight excluding hydrogens is 292 g/mol. The number of amides is 2. The fourth-order valence-corrected chi connectivity index (χ4v) is 3.33. The summed E-state index contributed by atoms with van der Waals surface area (Å²) in [5.74, 6) is 0.940. The molecule has 2 aliphatic rings. The van der Waals surface area contributed by atoms with Gasteiger partial charge in [0, 0.05) is 25.7 Å². The number of morpholine rings is 1. The predicted octanol–water partition coefficient (Wildman–Crippen LogP) is 2.71. The summed E-state index contributed by atoms with van der Waals surface area (Å²) in [5.41, 5.74) is 0.757. The second-order valence-corrected chi connectivity index (χ2v) is 6.19. The van der Waals surface area contributed by atoms with E-state index in [1.165, 1.54) is 6.42 Å². The maximum absolute atomic E-state index is 12.5. The molecule has 0 radical (unpaired) electrons. The van der Waals surface area contributed by atoms with Crippen molar-refractivity contribution >= 4 is 17.5 Å². The Bertz CT molecular complexity index is 514. The van der Waals surface area contributed by atoms with Crippen LogP contribution in [-0.4, -0.2) is 54.8 Å². The van der Waals surface area contributed by atoms with E-state index in [9.17, 15) is 4.79 Å². The van der Waals surface area contributed by atoms with Crippen LogP contribution in [-0.2, 0) is 4.74 Å². The predicted molar refractivity (Wildman–Crippen MR) is 90.9 cm³/mol. The molecule has 2 amide bonds. The monoisotopic (exact) mass is 318 g/mol. The Hall–Kier alpha value is -1.82. The van der Waals surface area contributed by atoms with Crippen LogP contribution < -0.4 is 10.2 Å². The first kappa shape index (κ1) is 16.1. The summed E-state index contributed by atoms with van der Waals surface area (Å²) in [4.78, 5) is 21.1. The van der Waals surface area contributed by atoms with Crippen molar-refractivity contribution in [2.45, 2.75) is 38.6 Å². The highest BCUT2D eigenvalue weighted by Gasteiger charge is 2.25. The third-order valence-electron chi connectivity index (χ3n) is 4.69. The number of urea groups is 1. The molecule has 6 heteroatoms. The van der Waals surface area contributed by atoms with Gasteiger partial charge in [-0.3, -0.25) is 0 Å². The van der Waals surface area contributed by atoms with Crippen LogP contribution in [0.25, 0.3) is 0 Å². The average Bonchev–Trinajstić information content (AvgIpc) is 2.63. The van der Waals surface area contributed by atoms with E-state index in [1.807, 2.05) is 17.0 Å². The van der Waals surface area contributed by atoms with Gasteiger partial charge in [0.15, 0.2) is 0 Å². The molecule has 1 N–H and O–H groups in total. The average molecular weight is 318 g/mol. The maximum atomic E-state index is 12.5. The number of nitrogens with one attached hydrogen (secondary N) is 1. The summed E-state index contributed by atoms with van der Waals surface area (Å²) in [6.07, 6.45) is 6.18. The van der Waals surface area contributed by atoms with Gasteiger partial charge in [0.05, 0.1) is 25.1 Å². The second-order valence-electron chi connectivity index (χ2n) is 6.19. The maximum Gasteiger partial charge on any atom is 0.322 e. The molecule has 0 bridgehead atoms. The molecule has 1 aromatic rings. The fraction of sp³-hybridized carbons (Fsp3) is 0.647. The van der Waals surface area contributed by atoms with E-state index in [4.69, 9.17) is 4.74 Å². The van der Waals surface area contributed by atoms with Gasteiger partial charge in [-0.2, -0.15) is 0 Å². The van der Waals surface area contributed by atoms with Crippen molar-refractivity contribution in [3.05, 3.63) is 18.3 Å². The molecule has 3 heterocycles. The molecule has 23 heavy (non-hydrogen) atoms. The van der Waals surface area contributed by atoms with E-state index in [-0.39, 0.29) is 6.03 Å². The quantitative estimate of drug-likeness (QED) is 0.931. The van der Waals surface area contributed by atoms with Gasteiger partial charge in [0.25, 0.3) is 0 Å². The lowest BCUT2D eigenvalue weighted by Gasteiger charge is -2.35. The number of hydrogen-bond acceptors (Lipinski definition) is 4. The van der Waals surface area contributed by atoms with Crippen LogP contribution in [0.1, 0.15) is 32.6 Å². The first-order chi connectivity index (χ1) is 11.3. The van der Waals surface area contributed by atoms with Crippen LogP contribution in [0.5, 0.6) is 0 Å². The number of aromatic nitrogens is 1. The van der Waals surface area contributed by atoms with Crippen LogP contribution in [0.2, 0.25) is 0 Å². The Labute approximate surface area is 137 Å². The molecule has 2 fully saturated rings. The number of anilines is 2. The summed E-state index contributed by atoms with van der Waals surface area (Å²) in [7, 11) is 0. The number of carbonyl (C=O) groups excluding carboxylic acids is 1. The normalized spacial score (nSPS) is 22.0. The van der Waals surface area contributed by atoms with Crippen LogP contribution in [0.3, 0.4) is 0 Å². The number of rotatable bonds is 3. The van der Waals surface area contributed by atoms with E-state index in [1.54, 1.807) is 6.20 Å². The van der Waals surface area contributed by atoms with Crippen molar-refractivity contribution in [3.8, 4) is 0 Å². The molecule has 0 aromatic carbocycles. The van der Waals surface area contributed by atoms with Crippen LogP contribution >= 0.6 is 0 Å². The second kappa shape index (κ2) is 7.64. The molecule has 0 aliphatic carbocycles. The first-order valence-corrected chi connectivity index (χ1v) is 8.64. The van der Waals surface area contributed by atoms with E-state index in [0.717, 1.165) is 63.6 Å². The van der Waals surface area contributed by atoms with Crippen molar-refractivity contribution in [3.63, 3.8) is 0 Å². The van der Waals surface area contributed by atoms with E-state index >= 15 is 0 Å². The molecule has 1 aromatic heterocycles. The summed E-state index contributed by atoms with van der Waals surface area (Å²) >= 11 is 0. The smallest absolute Gasteiger partial charge is 0.322 e. The van der Waals surface area contributed by atoms with Gasteiger partial charge in [-0.15, -0.1) is 0 Å². The van der Waals surface area contributed by atoms with Gasteiger partial charge in [0.1, 0.15) is 5.82 Å². The zero-order valence-corrected chi connectivity index (χ0v) is 13.8. The number of likely N-dealkylation sites (tertiary alicyclic amines) is 1. The molecule has 126 valence electrons. The zero-order valence-electron chi connectivity index (χ0n) is 13.8. The van der Waals surface area contributed by atoms with Crippen molar-refractivity contribution < 1.29 is 9.53 Å². The van der Waals surface area contributed by atoms with Gasteiger partial charge in [-0.05, 0) is 37.8 Å². The van der Waals surface area contributed by atoms with Crippen LogP contribution in [0.4, 0.5) is 16.3 Å². The van der Waals surface area contributed by atoms with Crippen molar-refractivity contribution in [1.82, 2.24) is 9.88 Å². The minimum absolute atomic E-state index is 0.00234. The molecule has 0 unspecified atom stereocenters. The van der Waals surface area contributed by atoms with Gasteiger partial charge in [-0.1, -0.05) is 6.92 Å². The van der Waals surface area contributed by atoms with E-state index in [2.05, 4.69) is 22.1 Å². The standard InChI is InChI=1S/C17H26N4O2/c1-2-15-5-3-4-8-21(15)17(22)19-14-6-7-16(18-13-14)20-9-11-23-12-10-20/h6-7,13,15H,2-5,8-12H2,1H3,(H,19,22)/t15-/m0/s1. The topological polar surface area (TPSA) is 57.7 Å². The molecule has 6 nitrogen and oxygen atoms in total. The van der Waals surface area contributed by atoms with Crippen molar-refractivity contribution in [1.29, 1.82) is 0 Å². The summed E-state index contributed by atoms with van der Waals surface area (Å²) in [6, 6.07) is 4.26. The zero-order chi connectivity index (χ0) is 16.1. The van der Waals surface area contributed by atoms with Crippen molar-refractivity contribution in [2.24, 2.45) is 0 Å². The van der Waals surface area contributed by atoms with Crippen LogP contribution in [0, 0.1) is 0 Å². The number of hydrogen-bond donors (Lipinski definition) is 1.